The minimum Gasteiger partial charge on any atom is -0.493 e. The van der Waals surface area contributed by atoms with E-state index in [0.29, 0.717) is 12.0 Å². The lowest BCUT2D eigenvalue weighted by atomic mass is 9.99. The van der Waals surface area contributed by atoms with E-state index in [4.69, 9.17) is 9.47 Å². The van der Waals surface area contributed by atoms with Gasteiger partial charge in [0.05, 0.1) is 19.3 Å². The molecule has 2 unspecified atom stereocenters. The van der Waals surface area contributed by atoms with Crippen LogP contribution in [-0.4, -0.2) is 25.1 Å². The van der Waals surface area contributed by atoms with Gasteiger partial charge in [0.15, 0.2) is 5.78 Å². The molecule has 3 heteroatoms. The summed E-state index contributed by atoms with van der Waals surface area (Å²) in [6.45, 7) is 5.49. The Bertz CT molecular complexity index is 420. The number of benzene rings is 1. The molecule has 0 aromatic heterocycles. The van der Waals surface area contributed by atoms with Gasteiger partial charge in [0.25, 0.3) is 0 Å². The Hall–Kier alpha value is -1.35. The van der Waals surface area contributed by atoms with E-state index in [2.05, 4.69) is 6.92 Å². The molecule has 0 spiro atoms. The van der Waals surface area contributed by atoms with Gasteiger partial charge in [-0.2, -0.15) is 0 Å². The van der Waals surface area contributed by atoms with Crippen LogP contribution in [-0.2, 0) is 4.74 Å². The van der Waals surface area contributed by atoms with E-state index in [1.165, 1.54) is 19.3 Å². The Balaban J connectivity index is 1.72. The third kappa shape index (κ3) is 4.97. The van der Waals surface area contributed by atoms with Gasteiger partial charge in [0.1, 0.15) is 5.75 Å². The van der Waals surface area contributed by atoms with Crippen LogP contribution in [0.15, 0.2) is 24.3 Å². The molecule has 1 heterocycles. The zero-order chi connectivity index (χ0) is 14.4. The molecular weight excluding hydrogens is 252 g/mol. The summed E-state index contributed by atoms with van der Waals surface area (Å²) in [6.07, 6.45) is 5.27. The van der Waals surface area contributed by atoms with Crippen molar-refractivity contribution in [3.8, 4) is 5.75 Å². The molecule has 2 rings (SSSR count). The highest BCUT2D eigenvalue weighted by molar-refractivity contribution is 5.94. The van der Waals surface area contributed by atoms with Gasteiger partial charge >= 0.3 is 0 Å². The number of hydrogen-bond donors (Lipinski definition) is 0. The SMILES string of the molecule is CCC(CCCC1CO1)COc1ccc(C(C)=O)cc1. The predicted octanol–water partition coefficient (Wildman–Crippen LogP) is 3.86. The first kappa shape index (κ1) is 15.0. The first-order valence-corrected chi connectivity index (χ1v) is 7.54. The summed E-state index contributed by atoms with van der Waals surface area (Å²) in [4.78, 5) is 11.2. The van der Waals surface area contributed by atoms with E-state index in [0.717, 1.165) is 30.9 Å². The largest absolute Gasteiger partial charge is 0.493 e. The summed E-state index contributed by atoms with van der Waals surface area (Å²) >= 11 is 0. The zero-order valence-electron chi connectivity index (χ0n) is 12.4. The summed E-state index contributed by atoms with van der Waals surface area (Å²) < 4.78 is 11.0. The van der Waals surface area contributed by atoms with Crippen molar-refractivity contribution < 1.29 is 14.3 Å². The average Bonchev–Trinajstić information content (AvgIpc) is 3.27. The molecule has 0 amide bonds. The fourth-order valence-corrected chi connectivity index (χ4v) is 2.27. The van der Waals surface area contributed by atoms with E-state index < -0.39 is 0 Å². The number of hydrogen-bond acceptors (Lipinski definition) is 3. The standard InChI is InChI=1S/C17H24O3/c1-3-14(5-4-6-17-12-20-17)11-19-16-9-7-15(8-10-16)13(2)18/h7-10,14,17H,3-6,11-12H2,1-2H3. The minimum atomic E-state index is 0.0882. The number of ketones is 1. The fraction of sp³-hybridized carbons (Fsp3) is 0.588. The van der Waals surface area contributed by atoms with Crippen LogP contribution >= 0.6 is 0 Å². The van der Waals surface area contributed by atoms with Gasteiger partial charge < -0.3 is 9.47 Å². The molecule has 0 aliphatic carbocycles. The average molecular weight is 276 g/mol. The van der Waals surface area contributed by atoms with Crippen molar-refractivity contribution in [2.24, 2.45) is 5.92 Å². The molecule has 20 heavy (non-hydrogen) atoms. The van der Waals surface area contributed by atoms with Crippen LogP contribution in [0.1, 0.15) is 49.9 Å². The second kappa shape index (κ2) is 7.44. The molecular formula is C17H24O3. The molecule has 1 aromatic carbocycles. The van der Waals surface area contributed by atoms with Gasteiger partial charge in [0.2, 0.25) is 0 Å². The quantitative estimate of drug-likeness (QED) is 0.508. The summed E-state index contributed by atoms with van der Waals surface area (Å²) in [5.74, 6) is 1.53. The van der Waals surface area contributed by atoms with E-state index in [9.17, 15) is 4.79 Å². The van der Waals surface area contributed by atoms with Gasteiger partial charge in [-0.15, -0.1) is 0 Å². The lowest BCUT2D eigenvalue weighted by Gasteiger charge is -2.15. The van der Waals surface area contributed by atoms with Crippen molar-refractivity contribution in [1.29, 1.82) is 0 Å². The van der Waals surface area contributed by atoms with Crippen LogP contribution in [0.3, 0.4) is 0 Å². The van der Waals surface area contributed by atoms with Gasteiger partial charge in [-0.1, -0.05) is 19.8 Å². The maximum absolute atomic E-state index is 11.2. The van der Waals surface area contributed by atoms with Crippen LogP contribution < -0.4 is 4.74 Å². The van der Waals surface area contributed by atoms with Crippen molar-refractivity contribution in [2.45, 2.75) is 45.6 Å². The Morgan fingerprint density at radius 3 is 2.65 bits per heavy atom. The molecule has 1 saturated heterocycles. The topological polar surface area (TPSA) is 38.8 Å². The molecule has 0 N–H and O–H groups in total. The monoisotopic (exact) mass is 276 g/mol. The first-order chi connectivity index (χ1) is 9.69. The highest BCUT2D eigenvalue weighted by Crippen LogP contribution is 2.21. The predicted molar refractivity (Wildman–Crippen MR) is 79.3 cm³/mol. The molecule has 0 radical (unpaired) electrons. The van der Waals surface area contributed by atoms with Crippen LogP contribution in [0.25, 0.3) is 0 Å². The van der Waals surface area contributed by atoms with Crippen molar-refractivity contribution in [3.63, 3.8) is 0 Å². The highest BCUT2D eigenvalue weighted by Gasteiger charge is 2.21. The lowest BCUT2D eigenvalue weighted by Crippen LogP contribution is -2.11. The first-order valence-electron chi connectivity index (χ1n) is 7.54. The third-order valence-corrected chi connectivity index (χ3v) is 3.86. The highest BCUT2D eigenvalue weighted by atomic mass is 16.6. The van der Waals surface area contributed by atoms with Gasteiger partial charge in [0, 0.05) is 5.56 Å². The van der Waals surface area contributed by atoms with E-state index in [1.807, 2.05) is 24.3 Å². The van der Waals surface area contributed by atoms with Crippen molar-refractivity contribution in [3.05, 3.63) is 29.8 Å². The number of rotatable bonds is 9. The second-order valence-electron chi connectivity index (χ2n) is 5.55. The van der Waals surface area contributed by atoms with Crippen LogP contribution in [0.4, 0.5) is 0 Å². The summed E-state index contributed by atoms with van der Waals surface area (Å²) in [5.41, 5.74) is 0.730. The molecule has 110 valence electrons. The van der Waals surface area contributed by atoms with Crippen molar-refractivity contribution >= 4 is 5.78 Å². The molecule has 1 aromatic rings. The minimum absolute atomic E-state index is 0.0882. The lowest BCUT2D eigenvalue weighted by molar-refractivity contribution is 0.101. The molecule has 0 saturated carbocycles. The molecule has 0 bridgehead atoms. The Kier molecular flexibility index (Phi) is 5.60. The number of ether oxygens (including phenoxy) is 2. The summed E-state index contributed by atoms with van der Waals surface area (Å²) in [5, 5.41) is 0. The van der Waals surface area contributed by atoms with Crippen LogP contribution in [0.5, 0.6) is 5.75 Å². The van der Waals surface area contributed by atoms with E-state index >= 15 is 0 Å². The van der Waals surface area contributed by atoms with E-state index in [1.54, 1.807) is 6.92 Å². The van der Waals surface area contributed by atoms with Crippen molar-refractivity contribution in [2.75, 3.05) is 13.2 Å². The van der Waals surface area contributed by atoms with Crippen LogP contribution in [0.2, 0.25) is 0 Å². The molecule has 1 aliphatic rings. The molecule has 1 fully saturated rings. The smallest absolute Gasteiger partial charge is 0.159 e. The van der Waals surface area contributed by atoms with E-state index in [-0.39, 0.29) is 5.78 Å². The summed E-state index contributed by atoms with van der Waals surface area (Å²) in [7, 11) is 0. The summed E-state index contributed by atoms with van der Waals surface area (Å²) in [6, 6.07) is 7.40. The van der Waals surface area contributed by atoms with Crippen LogP contribution in [0, 0.1) is 5.92 Å². The molecule has 2 atom stereocenters. The Labute approximate surface area is 121 Å². The number of Topliss-reactive ketones (excluding diaryl/α,β-unsaturated/α-hetero) is 1. The normalized spacial score (nSPS) is 18.6. The maximum Gasteiger partial charge on any atom is 0.159 e. The second-order valence-corrected chi connectivity index (χ2v) is 5.55. The van der Waals surface area contributed by atoms with Crippen molar-refractivity contribution in [1.82, 2.24) is 0 Å². The third-order valence-electron chi connectivity index (χ3n) is 3.86. The van der Waals surface area contributed by atoms with Gasteiger partial charge in [-0.25, -0.2) is 0 Å². The number of carbonyl (C=O) groups excluding carboxylic acids is 1. The number of epoxide rings is 1. The fourth-order valence-electron chi connectivity index (χ4n) is 2.27. The van der Waals surface area contributed by atoms with Gasteiger partial charge in [-0.3, -0.25) is 4.79 Å². The zero-order valence-corrected chi connectivity index (χ0v) is 12.4. The maximum atomic E-state index is 11.2. The number of carbonyl (C=O) groups is 1. The van der Waals surface area contributed by atoms with Gasteiger partial charge in [-0.05, 0) is 49.9 Å². The Morgan fingerprint density at radius 1 is 1.40 bits per heavy atom. The molecule has 1 aliphatic heterocycles. The molecule has 3 nitrogen and oxygen atoms in total. The Morgan fingerprint density at radius 2 is 2.10 bits per heavy atom.